The van der Waals surface area contributed by atoms with Gasteiger partial charge in [-0.3, -0.25) is 0 Å². The Morgan fingerprint density at radius 2 is 2.06 bits per heavy atom. The third-order valence-electron chi connectivity index (χ3n) is 2.74. The van der Waals surface area contributed by atoms with E-state index in [4.69, 9.17) is 10.3 Å². The molecule has 5 nitrogen and oxygen atoms in total. The van der Waals surface area contributed by atoms with Crippen LogP contribution in [0.2, 0.25) is 0 Å². The zero-order valence-corrected chi connectivity index (χ0v) is 10.4. The van der Waals surface area contributed by atoms with E-state index in [2.05, 4.69) is 35.8 Å². The van der Waals surface area contributed by atoms with Gasteiger partial charge in [0.25, 0.3) is 5.95 Å². The monoisotopic (exact) mass is 226 g/mol. The molecular formula is C11H22N4O. The summed E-state index contributed by atoms with van der Waals surface area (Å²) in [5, 5.41) is 4.00. The number of rotatable bonds is 7. The Morgan fingerprint density at radius 1 is 1.38 bits per heavy atom. The second-order valence-electron chi connectivity index (χ2n) is 3.94. The van der Waals surface area contributed by atoms with Crippen LogP contribution in [0, 0.1) is 0 Å². The third-order valence-corrected chi connectivity index (χ3v) is 2.74. The minimum Gasteiger partial charge on any atom is -0.339 e. The third kappa shape index (κ3) is 3.20. The van der Waals surface area contributed by atoms with Gasteiger partial charge in [0.1, 0.15) is 0 Å². The number of nitrogens with zero attached hydrogens (tertiary/aromatic N) is 3. The molecule has 0 amide bonds. The van der Waals surface area contributed by atoms with Crippen molar-refractivity contribution in [2.75, 3.05) is 24.5 Å². The maximum absolute atomic E-state index is 5.48. The van der Waals surface area contributed by atoms with Crippen molar-refractivity contribution in [1.82, 2.24) is 10.1 Å². The first kappa shape index (κ1) is 13.0. The zero-order valence-electron chi connectivity index (χ0n) is 10.4. The van der Waals surface area contributed by atoms with Crippen LogP contribution in [-0.4, -0.2) is 29.8 Å². The lowest BCUT2D eigenvalue weighted by Crippen LogP contribution is -2.23. The molecule has 0 saturated heterocycles. The standard InChI is InChI=1S/C11H22N4O/c1-4-15(5-2)11-13-10(16-14-11)9(3)7-6-8-12/h9H,4-8,12H2,1-3H3. The van der Waals surface area contributed by atoms with E-state index in [0.29, 0.717) is 18.4 Å². The molecule has 0 radical (unpaired) electrons. The molecule has 92 valence electrons. The first-order chi connectivity index (χ1) is 7.72. The average molecular weight is 226 g/mol. The van der Waals surface area contributed by atoms with Crippen LogP contribution in [-0.2, 0) is 0 Å². The maximum atomic E-state index is 5.48. The normalized spacial score (nSPS) is 12.8. The van der Waals surface area contributed by atoms with E-state index in [-0.39, 0.29) is 0 Å². The zero-order chi connectivity index (χ0) is 12.0. The van der Waals surface area contributed by atoms with Gasteiger partial charge in [-0.1, -0.05) is 6.92 Å². The van der Waals surface area contributed by atoms with E-state index in [9.17, 15) is 0 Å². The number of hydrogen-bond donors (Lipinski definition) is 1. The Bertz CT molecular complexity index is 296. The highest BCUT2D eigenvalue weighted by Crippen LogP contribution is 2.20. The van der Waals surface area contributed by atoms with Crippen LogP contribution < -0.4 is 10.6 Å². The fraction of sp³-hybridized carbons (Fsp3) is 0.818. The molecule has 0 aliphatic carbocycles. The quantitative estimate of drug-likeness (QED) is 0.767. The van der Waals surface area contributed by atoms with Gasteiger partial charge >= 0.3 is 0 Å². The van der Waals surface area contributed by atoms with Crippen LogP contribution >= 0.6 is 0 Å². The highest BCUT2D eigenvalue weighted by molar-refractivity contribution is 5.27. The van der Waals surface area contributed by atoms with E-state index in [1.807, 2.05) is 0 Å². The van der Waals surface area contributed by atoms with Crippen LogP contribution in [0.15, 0.2) is 4.52 Å². The molecule has 1 heterocycles. The summed E-state index contributed by atoms with van der Waals surface area (Å²) in [5.41, 5.74) is 5.48. The Balaban J connectivity index is 2.62. The molecule has 2 N–H and O–H groups in total. The molecule has 0 aliphatic heterocycles. The number of anilines is 1. The molecular weight excluding hydrogens is 204 g/mol. The van der Waals surface area contributed by atoms with Gasteiger partial charge in [-0.15, -0.1) is 0 Å². The van der Waals surface area contributed by atoms with Gasteiger partial charge in [-0.2, -0.15) is 4.98 Å². The van der Waals surface area contributed by atoms with Crippen molar-refractivity contribution in [3.63, 3.8) is 0 Å². The summed E-state index contributed by atoms with van der Waals surface area (Å²) >= 11 is 0. The smallest absolute Gasteiger partial charge is 0.266 e. The number of hydrogen-bond acceptors (Lipinski definition) is 5. The Labute approximate surface area is 97.0 Å². The maximum Gasteiger partial charge on any atom is 0.266 e. The van der Waals surface area contributed by atoms with Crippen LogP contribution in [0.3, 0.4) is 0 Å². The minimum atomic E-state index is 0.292. The van der Waals surface area contributed by atoms with E-state index >= 15 is 0 Å². The Morgan fingerprint density at radius 3 is 2.62 bits per heavy atom. The molecule has 0 saturated carbocycles. The topological polar surface area (TPSA) is 68.2 Å². The molecule has 5 heteroatoms. The Hall–Kier alpha value is -1.10. The molecule has 0 bridgehead atoms. The van der Waals surface area contributed by atoms with Gasteiger partial charge in [-0.25, -0.2) is 0 Å². The van der Waals surface area contributed by atoms with Crippen LogP contribution in [0.5, 0.6) is 0 Å². The summed E-state index contributed by atoms with van der Waals surface area (Å²) < 4.78 is 5.26. The average Bonchev–Trinajstić information content (AvgIpc) is 2.77. The van der Waals surface area contributed by atoms with Crippen molar-refractivity contribution in [2.24, 2.45) is 5.73 Å². The van der Waals surface area contributed by atoms with Crippen molar-refractivity contribution < 1.29 is 4.52 Å². The first-order valence-corrected chi connectivity index (χ1v) is 6.01. The lowest BCUT2D eigenvalue weighted by molar-refractivity contribution is 0.351. The molecule has 1 rings (SSSR count). The van der Waals surface area contributed by atoms with Crippen LogP contribution in [0.4, 0.5) is 5.95 Å². The van der Waals surface area contributed by atoms with Gasteiger partial charge in [0.2, 0.25) is 5.89 Å². The van der Waals surface area contributed by atoms with Gasteiger partial charge in [0, 0.05) is 19.0 Å². The van der Waals surface area contributed by atoms with E-state index in [1.165, 1.54) is 0 Å². The molecule has 1 atom stereocenters. The van der Waals surface area contributed by atoms with E-state index < -0.39 is 0 Å². The first-order valence-electron chi connectivity index (χ1n) is 6.01. The number of aromatic nitrogens is 2. The summed E-state index contributed by atoms with van der Waals surface area (Å²) in [6.07, 6.45) is 1.99. The predicted octanol–water partition coefficient (Wildman–Crippen LogP) is 1.76. The molecule has 0 aromatic carbocycles. The number of nitrogens with two attached hydrogens (primary N) is 1. The van der Waals surface area contributed by atoms with Crippen LogP contribution in [0.25, 0.3) is 0 Å². The fourth-order valence-corrected chi connectivity index (χ4v) is 1.61. The van der Waals surface area contributed by atoms with E-state index in [1.54, 1.807) is 0 Å². The lowest BCUT2D eigenvalue weighted by atomic mass is 10.1. The molecule has 0 spiro atoms. The molecule has 0 aliphatic rings. The van der Waals surface area contributed by atoms with Crippen molar-refractivity contribution in [3.8, 4) is 0 Å². The summed E-state index contributed by atoms with van der Waals surface area (Å²) in [4.78, 5) is 6.48. The van der Waals surface area contributed by atoms with Crippen molar-refractivity contribution in [1.29, 1.82) is 0 Å². The van der Waals surface area contributed by atoms with Crippen molar-refractivity contribution in [3.05, 3.63) is 5.89 Å². The van der Waals surface area contributed by atoms with Crippen molar-refractivity contribution in [2.45, 2.75) is 39.5 Å². The molecule has 1 aromatic rings. The molecule has 1 unspecified atom stereocenters. The highest BCUT2D eigenvalue weighted by atomic mass is 16.5. The summed E-state index contributed by atoms with van der Waals surface area (Å²) in [7, 11) is 0. The minimum absolute atomic E-state index is 0.292. The van der Waals surface area contributed by atoms with Gasteiger partial charge in [0.05, 0.1) is 0 Å². The van der Waals surface area contributed by atoms with Gasteiger partial charge < -0.3 is 15.2 Å². The molecule has 0 fully saturated rings. The van der Waals surface area contributed by atoms with Gasteiger partial charge in [-0.05, 0) is 38.4 Å². The highest BCUT2D eigenvalue weighted by Gasteiger charge is 2.16. The largest absolute Gasteiger partial charge is 0.339 e. The predicted molar refractivity (Wildman–Crippen MR) is 64.6 cm³/mol. The second kappa shape index (κ2) is 6.48. The summed E-state index contributed by atoms with van der Waals surface area (Å²) in [5.74, 6) is 1.70. The van der Waals surface area contributed by atoms with Crippen molar-refractivity contribution >= 4 is 5.95 Å². The molecule has 1 aromatic heterocycles. The van der Waals surface area contributed by atoms with Crippen LogP contribution in [0.1, 0.15) is 45.4 Å². The summed E-state index contributed by atoms with van der Waals surface area (Å²) in [6, 6.07) is 0. The Kier molecular flexibility index (Phi) is 5.25. The lowest BCUT2D eigenvalue weighted by Gasteiger charge is -2.14. The SMILES string of the molecule is CCN(CC)c1noc(C(C)CCCN)n1. The second-order valence-corrected chi connectivity index (χ2v) is 3.94. The van der Waals surface area contributed by atoms with E-state index in [0.717, 1.165) is 31.8 Å². The molecule has 16 heavy (non-hydrogen) atoms. The summed E-state index contributed by atoms with van der Waals surface area (Å²) in [6.45, 7) is 8.75. The fourth-order valence-electron chi connectivity index (χ4n) is 1.61. The van der Waals surface area contributed by atoms with Gasteiger partial charge in [0.15, 0.2) is 0 Å².